The van der Waals surface area contributed by atoms with Crippen molar-refractivity contribution in [3.8, 4) is 0 Å². The van der Waals surface area contributed by atoms with Gasteiger partial charge in [0.1, 0.15) is 5.82 Å². The van der Waals surface area contributed by atoms with Crippen LogP contribution in [0.2, 0.25) is 5.02 Å². The molecule has 0 saturated heterocycles. The summed E-state index contributed by atoms with van der Waals surface area (Å²) < 4.78 is 37.1. The maximum absolute atomic E-state index is 12.4. The molecule has 0 spiro atoms. The van der Waals surface area contributed by atoms with Gasteiger partial charge in [-0.15, -0.1) is 0 Å². The van der Waals surface area contributed by atoms with E-state index < -0.39 is 11.7 Å². The number of alkyl halides is 3. The third-order valence-corrected chi connectivity index (χ3v) is 2.67. The zero-order chi connectivity index (χ0) is 14.0. The Morgan fingerprint density at radius 2 is 1.89 bits per heavy atom. The molecule has 0 saturated carbocycles. The number of nitrogens with zero attached hydrogens (tertiary/aromatic N) is 1. The molecule has 7 heteroatoms. The van der Waals surface area contributed by atoms with E-state index in [1.165, 1.54) is 6.07 Å². The van der Waals surface area contributed by atoms with Gasteiger partial charge in [0.05, 0.1) is 16.3 Å². The normalized spacial score (nSPS) is 11.4. The lowest BCUT2D eigenvalue weighted by atomic mass is 10.2. The molecule has 1 aromatic heterocycles. The van der Waals surface area contributed by atoms with Crippen LogP contribution in [0.4, 0.5) is 30.4 Å². The highest BCUT2D eigenvalue weighted by atomic mass is 35.5. The summed E-state index contributed by atoms with van der Waals surface area (Å²) in [7, 11) is 0. The van der Waals surface area contributed by atoms with Crippen molar-refractivity contribution in [2.45, 2.75) is 6.18 Å². The molecule has 0 bridgehead atoms. The number of hydrogen-bond donors (Lipinski definition) is 2. The van der Waals surface area contributed by atoms with Gasteiger partial charge in [-0.1, -0.05) is 11.6 Å². The van der Waals surface area contributed by atoms with Crippen LogP contribution in [-0.4, -0.2) is 4.98 Å². The predicted molar refractivity (Wildman–Crippen MR) is 68.4 cm³/mol. The molecule has 19 heavy (non-hydrogen) atoms. The van der Waals surface area contributed by atoms with Crippen LogP contribution >= 0.6 is 11.6 Å². The molecular formula is C12H9ClF3N3. The number of benzene rings is 1. The first-order valence-corrected chi connectivity index (χ1v) is 5.59. The van der Waals surface area contributed by atoms with E-state index in [1.54, 1.807) is 18.2 Å². The monoisotopic (exact) mass is 287 g/mol. The number of anilines is 3. The van der Waals surface area contributed by atoms with Gasteiger partial charge in [-0.25, -0.2) is 4.98 Å². The highest BCUT2D eigenvalue weighted by Crippen LogP contribution is 2.30. The second-order valence-electron chi connectivity index (χ2n) is 3.79. The SMILES string of the molecule is Nc1ccc(Cl)c(Nc2ccc(C(F)(F)F)cn2)c1. The number of pyridine rings is 1. The highest BCUT2D eigenvalue weighted by molar-refractivity contribution is 6.33. The summed E-state index contributed by atoms with van der Waals surface area (Å²) in [6.45, 7) is 0. The molecule has 0 fully saturated rings. The van der Waals surface area contributed by atoms with Crippen molar-refractivity contribution in [1.82, 2.24) is 4.98 Å². The Morgan fingerprint density at radius 3 is 2.47 bits per heavy atom. The van der Waals surface area contributed by atoms with Gasteiger partial charge in [0.2, 0.25) is 0 Å². The Balaban J connectivity index is 2.22. The van der Waals surface area contributed by atoms with Crippen molar-refractivity contribution in [2.24, 2.45) is 0 Å². The Morgan fingerprint density at radius 1 is 1.16 bits per heavy atom. The van der Waals surface area contributed by atoms with Crippen LogP contribution in [0, 0.1) is 0 Å². The quantitative estimate of drug-likeness (QED) is 0.818. The molecule has 0 aliphatic rings. The Labute approximate surface area is 112 Å². The minimum absolute atomic E-state index is 0.250. The van der Waals surface area contributed by atoms with E-state index in [1.807, 2.05) is 0 Å². The fourth-order valence-electron chi connectivity index (χ4n) is 1.41. The third-order valence-electron chi connectivity index (χ3n) is 2.34. The first-order valence-electron chi connectivity index (χ1n) is 5.21. The van der Waals surface area contributed by atoms with E-state index >= 15 is 0 Å². The van der Waals surface area contributed by atoms with Crippen molar-refractivity contribution >= 4 is 28.8 Å². The summed E-state index contributed by atoms with van der Waals surface area (Å²) in [5.74, 6) is 0.250. The molecule has 3 nitrogen and oxygen atoms in total. The van der Waals surface area contributed by atoms with Crippen molar-refractivity contribution < 1.29 is 13.2 Å². The molecule has 0 aliphatic heterocycles. The zero-order valence-corrected chi connectivity index (χ0v) is 10.3. The van der Waals surface area contributed by atoms with Crippen molar-refractivity contribution in [1.29, 1.82) is 0 Å². The fraction of sp³-hybridized carbons (Fsp3) is 0.0833. The van der Waals surface area contributed by atoms with Gasteiger partial charge in [0.15, 0.2) is 0 Å². The first kappa shape index (κ1) is 13.5. The molecule has 0 unspecified atom stereocenters. The van der Waals surface area contributed by atoms with Gasteiger partial charge in [-0.05, 0) is 30.3 Å². The lowest BCUT2D eigenvalue weighted by molar-refractivity contribution is -0.137. The molecule has 100 valence electrons. The van der Waals surface area contributed by atoms with Crippen LogP contribution in [0.15, 0.2) is 36.5 Å². The second kappa shape index (κ2) is 4.97. The number of nitrogen functional groups attached to an aromatic ring is 1. The van der Waals surface area contributed by atoms with E-state index in [4.69, 9.17) is 17.3 Å². The number of nitrogens with one attached hydrogen (secondary N) is 1. The number of rotatable bonds is 2. The van der Waals surface area contributed by atoms with Gasteiger partial charge in [0.25, 0.3) is 0 Å². The van der Waals surface area contributed by atoms with Crippen molar-refractivity contribution in [3.05, 3.63) is 47.1 Å². The standard InChI is InChI=1S/C12H9ClF3N3/c13-9-3-2-8(17)5-10(9)19-11-4-1-7(6-18-11)12(14,15)16/h1-6H,17H2,(H,18,19). The van der Waals surface area contributed by atoms with Crippen LogP contribution < -0.4 is 11.1 Å². The van der Waals surface area contributed by atoms with Gasteiger partial charge in [-0.3, -0.25) is 0 Å². The van der Waals surface area contributed by atoms with Crippen LogP contribution in [-0.2, 0) is 6.18 Å². The molecule has 2 aromatic rings. The molecule has 0 aliphatic carbocycles. The summed E-state index contributed by atoms with van der Waals surface area (Å²) in [4.78, 5) is 3.68. The van der Waals surface area contributed by atoms with Crippen LogP contribution in [0.5, 0.6) is 0 Å². The van der Waals surface area contributed by atoms with E-state index in [2.05, 4.69) is 10.3 Å². The highest BCUT2D eigenvalue weighted by Gasteiger charge is 2.30. The molecule has 0 atom stereocenters. The van der Waals surface area contributed by atoms with Crippen LogP contribution in [0.1, 0.15) is 5.56 Å². The van der Waals surface area contributed by atoms with E-state index in [0.29, 0.717) is 16.4 Å². The summed E-state index contributed by atoms with van der Waals surface area (Å²) in [6.07, 6.45) is -3.65. The lowest BCUT2D eigenvalue weighted by Crippen LogP contribution is -2.05. The molecule has 0 amide bonds. The first-order chi connectivity index (χ1) is 8.86. The molecular weight excluding hydrogens is 279 g/mol. The Bertz CT molecular complexity index is 582. The lowest BCUT2D eigenvalue weighted by Gasteiger charge is -2.10. The summed E-state index contributed by atoms with van der Waals surface area (Å²) in [6, 6.07) is 6.94. The Kier molecular flexibility index (Phi) is 3.53. The molecule has 0 radical (unpaired) electrons. The minimum Gasteiger partial charge on any atom is -0.399 e. The Hall–Kier alpha value is -1.95. The molecule has 1 aromatic carbocycles. The molecule has 3 N–H and O–H groups in total. The average molecular weight is 288 g/mol. The largest absolute Gasteiger partial charge is 0.417 e. The van der Waals surface area contributed by atoms with Gasteiger partial charge in [0, 0.05) is 11.9 Å². The smallest absolute Gasteiger partial charge is 0.399 e. The fourth-order valence-corrected chi connectivity index (χ4v) is 1.58. The average Bonchev–Trinajstić information content (AvgIpc) is 2.33. The van der Waals surface area contributed by atoms with Crippen molar-refractivity contribution in [2.75, 3.05) is 11.1 Å². The van der Waals surface area contributed by atoms with E-state index in [-0.39, 0.29) is 5.82 Å². The van der Waals surface area contributed by atoms with Crippen molar-refractivity contribution in [3.63, 3.8) is 0 Å². The summed E-state index contributed by atoms with van der Waals surface area (Å²) in [5.41, 5.74) is 5.75. The molecule has 1 heterocycles. The van der Waals surface area contributed by atoms with Crippen LogP contribution in [0.25, 0.3) is 0 Å². The van der Waals surface area contributed by atoms with Gasteiger partial charge in [-0.2, -0.15) is 13.2 Å². The van der Waals surface area contributed by atoms with Gasteiger partial charge < -0.3 is 11.1 Å². The topological polar surface area (TPSA) is 50.9 Å². The minimum atomic E-state index is -4.40. The third kappa shape index (κ3) is 3.29. The second-order valence-corrected chi connectivity index (χ2v) is 4.20. The maximum atomic E-state index is 12.4. The van der Waals surface area contributed by atoms with E-state index in [9.17, 15) is 13.2 Å². The maximum Gasteiger partial charge on any atom is 0.417 e. The summed E-state index contributed by atoms with van der Waals surface area (Å²) >= 11 is 5.92. The number of aromatic nitrogens is 1. The predicted octanol–water partition coefficient (Wildman–Crippen LogP) is 4.08. The van der Waals surface area contributed by atoms with Crippen LogP contribution in [0.3, 0.4) is 0 Å². The number of hydrogen-bond acceptors (Lipinski definition) is 3. The summed E-state index contributed by atoms with van der Waals surface area (Å²) in [5, 5.41) is 3.20. The van der Waals surface area contributed by atoms with E-state index in [0.717, 1.165) is 12.3 Å². The zero-order valence-electron chi connectivity index (χ0n) is 9.50. The molecule has 2 rings (SSSR count). The number of halogens is 4. The van der Waals surface area contributed by atoms with Gasteiger partial charge >= 0.3 is 6.18 Å². The number of nitrogens with two attached hydrogens (primary N) is 1.